The minimum Gasteiger partial charge on any atom is -0.497 e. The molecule has 1 amide bonds. The lowest BCUT2D eigenvalue weighted by molar-refractivity contribution is 0.0782. The van der Waals surface area contributed by atoms with Crippen LogP contribution in [0.25, 0.3) is 0 Å². The number of nitrogens with one attached hydrogen (secondary N) is 1. The van der Waals surface area contributed by atoms with Crippen molar-refractivity contribution in [1.82, 2.24) is 20.1 Å². The molecule has 1 heterocycles. The summed E-state index contributed by atoms with van der Waals surface area (Å²) in [6.45, 7) is 0.289. The van der Waals surface area contributed by atoms with Crippen molar-refractivity contribution in [2.75, 3.05) is 27.0 Å². The van der Waals surface area contributed by atoms with E-state index in [1.807, 2.05) is 0 Å². The van der Waals surface area contributed by atoms with Crippen LogP contribution in [0.15, 0.2) is 18.5 Å². The quantitative estimate of drug-likeness (QED) is 0.784. The molecule has 21 heavy (non-hydrogen) atoms. The number of carbonyl (C=O) groups is 1. The number of H-pyrrole nitrogens is 1. The van der Waals surface area contributed by atoms with Crippen LogP contribution in [0.4, 0.5) is 5.69 Å². The van der Waals surface area contributed by atoms with Crippen LogP contribution in [0.2, 0.25) is 0 Å². The van der Waals surface area contributed by atoms with E-state index in [0.717, 1.165) is 0 Å². The number of nitrogens with zero attached hydrogens (tertiary/aromatic N) is 3. The van der Waals surface area contributed by atoms with E-state index in [0.29, 0.717) is 22.9 Å². The average Bonchev–Trinajstić information content (AvgIpc) is 2.99. The summed E-state index contributed by atoms with van der Waals surface area (Å²) in [5.41, 5.74) is 6.55. The minimum atomic E-state index is -0.263. The average molecular weight is 291 g/mol. The van der Waals surface area contributed by atoms with Gasteiger partial charge in [0, 0.05) is 13.1 Å². The number of nitrogen functional groups attached to an aromatic ring is 1. The summed E-state index contributed by atoms with van der Waals surface area (Å²) in [5, 5.41) is 6.44. The maximum absolute atomic E-state index is 12.5. The summed E-state index contributed by atoms with van der Waals surface area (Å²) in [6.07, 6.45) is 1.39. The molecule has 0 unspecified atom stereocenters. The molecule has 0 atom stereocenters. The van der Waals surface area contributed by atoms with Gasteiger partial charge in [-0.2, -0.15) is 5.10 Å². The highest BCUT2D eigenvalue weighted by Crippen LogP contribution is 2.31. The number of amides is 1. The highest BCUT2D eigenvalue weighted by atomic mass is 16.5. The molecule has 0 aliphatic heterocycles. The van der Waals surface area contributed by atoms with Crippen LogP contribution in [0.1, 0.15) is 16.2 Å². The van der Waals surface area contributed by atoms with E-state index in [4.69, 9.17) is 15.2 Å². The Morgan fingerprint density at radius 2 is 2.14 bits per heavy atom. The van der Waals surface area contributed by atoms with Crippen LogP contribution in [-0.2, 0) is 6.54 Å². The van der Waals surface area contributed by atoms with E-state index in [1.54, 1.807) is 19.2 Å². The Morgan fingerprint density at radius 3 is 2.71 bits per heavy atom. The Balaban J connectivity index is 2.29. The molecule has 1 aromatic carbocycles. The van der Waals surface area contributed by atoms with Gasteiger partial charge in [0.1, 0.15) is 23.7 Å². The highest BCUT2D eigenvalue weighted by Gasteiger charge is 2.20. The zero-order valence-corrected chi connectivity index (χ0v) is 12.1. The zero-order chi connectivity index (χ0) is 15.4. The van der Waals surface area contributed by atoms with Crippen LogP contribution >= 0.6 is 0 Å². The molecule has 2 aromatic rings. The second-order valence-electron chi connectivity index (χ2n) is 4.38. The molecule has 1 aromatic heterocycles. The van der Waals surface area contributed by atoms with E-state index >= 15 is 0 Å². The number of carbonyl (C=O) groups excluding carboxylic acids is 1. The van der Waals surface area contributed by atoms with Crippen molar-refractivity contribution in [3.05, 3.63) is 29.8 Å². The first-order valence-electron chi connectivity index (χ1n) is 6.18. The first-order chi connectivity index (χ1) is 10.1. The Hall–Kier alpha value is -2.77. The van der Waals surface area contributed by atoms with Gasteiger partial charge in [0.2, 0.25) is 0 Å². The molecular weight excluding hydrogens is 274 g/mol. The molecule has 3 N–H and O–H groups in total. The molecule has 0 spiro atoms. The number of hydrogen-bond acceptors (Lipinski definition) is 6. The number of aromatic nitrogens is 3. The molecule has 112 valence electrons. The van der Waals surface area contributed by atoms with E-state index in [-0.39, 0.29) is 18.1 Å². The van der Waals surface area contributed by atoms with Gasteiger partial charge < -0.3 is 20.1 Å². The summed E-state index contributed by atoms with van der Waals surface area (Å²) in [7, 11) is 4.64. The molecule has 0 fully saturated rings. The summed E-state index contributed by atoms with van der Waals surface area (Å²) < 4.78 is 10.3. The smallest absolute Gasteiger partial charge is 0.256 e. The van der Waals surface area contributed by atoms with E-state index in [9.17, 15) is 4.79 Å². The van der Waals surface area contributed by atoms with Crippen molar-refractivity contribution in [2.45, 2.75) is 6.54 Å². The van der Waals surface area contributed by atoms with Gasteiger partial charge in [-0.25, -0.2) is 4.98 Å². The van der Waals surface area contributed by atoms with Gasteiger partial charge in [-0.3, -0.25) is 9.89 Å². The van der Waals surface area contributed by atoms with Gasteiger partial charge in [-0.05, 0) is 6.07 Å². The minimum absolute atomic E-state index is 0.263. The molecule has 2 rings (SSSR count). The van der Waals surface area contributed by atoms with Crippen LogP contribution in [0, 0.1) is 0 Å². The molecule has 0 radical (unpaired) electrons. The second kappa shape index (κ2) is 6.12. The first-order valence-corrected chi connectivity index (χ1v) is 6.18. The molecule has 8 heteroatoms. The standard InChI is InChI=1S/C13H17N5O3/c1-18(6-11-15-7-16-17-11)13(19)9-4-8(20-2)5-10(21-3)12(9)14/h4-5,7H,6,14H2,1-3H3,(H,15,16,17). The van der Waals surface area contributed by atoms with Crippen LogP contribution < -0.4 is 15.2 Å². The summed E-state index contributed by atoms with van der Waals surface area (Å²) in [4.78, 5) is 18.0. The third kappa shape index (κ3) is 3.04. The SMILES string of the molecule is COc1cc(OC)c(N)c(C(=O)N(C)Cc2ncn[nH]2)c1. The monoisotopic (exact) mass is 291 g/mol. The summed E-state index contributed by atoms with van der Waals surface area (Å²) in [6, 6.07) is 3.21. The Kier molecular flexibility index (Phi) is 4.27. The van der Waals surface area contributed by atoms with Crippen molar-refractivity contribution < 1.29 is 14.3 Å². The molecule has 0 saturated heterocycles. The van der Waals surface area contributed by atoms with E-state index in [2.05, 4.69) is 15.2 Å². The fourth-order valence-electron chi connectivity index (χ4n) is 1.87. The lowest BCUT2D eigenvalue weighted by Gasteiger charge is -2.18. The number of hydrogen-bond donors (Lipinski definition) is 2. The van der Waals surface area contributed by atoms with E-state index < -0.39 is 0 Å². The number of ether oxygens (including phenoxy) is 2. The lowest BCUT2D eigenvalue weighted by atomic mass is 10.1. The van der Waals surface area contributed by atoms with Gasteiger partial charge in [0.15, 0.2) is 0 Å². The third-order valence-electron chi connectivity index (χ3n) is 3.00. The number of anilines is 1. The number of methoxy groups -OCH3 is 2. The molecule has 0 bridgehead atoms. The summed E-state index contributed by atoms with van der Waals surface area (Å²) >= 11 is 0. The zero-order valence-electron chi connectivity index (χ0n) is 12.1. The van der Waals surface area contributed by atoms with Crippen molar-refractivity contribution in [2.24, 2.45) is 0 Å². The fourth-order valence-corrected chi connectivity index (χ4v) is 1.87. The first kappa shape index (κ1) is 14.6. The van der Waals surface area contributed by atoms with Crippen molar-refractivity contribution in [1.29, 1.82) is 0 Å². The van der Waals surface area contributed by atoms with Gasteiger partial charge in [0.05, 0.1) is 32.0 Å². The molecule has 0 aliphatic carbocycles. The van der Waals surface area contributed by atoms with Crippen LogP contribution in [0.5, 0.6) is 11.5 Å². The Bertz CT molecular complexity index is 627. The van der Waals surface area contributed by atoms with E-state index in [1.165, 1.54) is 25.4 Å². The number of nitrogens with two attached hydrogens (primary N) is 1. The van der Waals surface area contributed by atoms with Crippen LogP contribution in [-0.4, -0.2) is 47.3 Å². The Labute approximate surface area is 121 Å². The van der Waals surface area contributed by atoms with Crippen molar-refractivity contribution >= 4 is 11.6 Å². The molecular formula is C13H17N5O3. The normalized spacial score (nSPS) is 10.2. The summed E-state index contributed by atoms with van der Waals surface area (Å²) in [5.74, 6) is 1.21. The predicted molar refractivity (Wildman–Crippen MR) is 76.1 cm³/mol. The Morgan fingerprint density at radius 1 is 1.38 bits per heavy atom. The third-order valence-corrected chi connectivity index (χ3v) is 3.00. The van der Waals surface area contributed by atoms with Crippen LogP contribution in [0.3, 0.4) is 0 Å². The second-order valence-corrected chi connectivity index (χ2v) is 4.38. The van der Waals surface area contributed by atoms with Crippen molar-refractivity contribution in [3.63, 3.8) is 0 Å². The molecule has 0 saturated carbocycles. The predicted octanol–water partition coefficient (Wildman–Crippen LogP) is 0.676. The van der Waals surface area contributed by atoms with Gasteiger partial charge in [-0.1, -0.05) is 0 Å². The maximum atomic E-state index is 12.5. The lowest BCUT2D eigenvalue weighted by Crippen LogP contribution is -2.27. The van der Waals surface area contributed by atoms with Crippen molar-refractivity contribution in [3.8, 4) is 11.5 Å². The number of rotatable bonds is 5. The highest BCUT2D eigenvalue weighted by molar-refractivity contribution is 6.00. The van der Waals surface area contributed by atoms with Gasteiger partial charge in [-0.15, -0.1) is 0 Å². The largest absolute Gasteiger partial charge is 0.497 e. The number of benzene rings is 1. The van der Waals surface area contributed by atoms with Gasteiger partial charge >= 0.3 is 0 Å². The maximum Gasteiger partial charge on any atom is 0.256 e. The number of aromatic amines is 1. The molecule has 0 aliphatic rings. The topological polar surface area (TPSA) is 106 Å². The fraction of sp³-hybridized carbons (Fsp3) is 0.308. The molecule has 8 nitrogen and oxygen atoms in total. The van der Waals surface area contributed by atoms with Gasteiger partial charge in [0.25, 0.3) is 5.91 Å².